The third-order valence-electron chi connectivity index (χ3n) is 4.75. The highest BCUT2D eigenvalue weighted by Crippen LogP contribution is 2.36. The number of carbonyl (C=O) groups is 1. The molecule has 0 heterocycles. The Morgan fingerprint density at radius 1 is 0.741 bits per heavy atom. The van der Waals surface area contributed by atoms with Crippen molar-refractivity contribution in [3.63, 3.8) is 0 Å². The predicted octanol–water partition coefficient (Wildman–Crippen LogP) is 3.91. The predicted molar refractivity (Wildman–Crippen MR) is 113 cm³/mol. The Labute approximate surface area is 162 Å². The van der Waals surface area contributed by atoms with Crippen molar-refractivity contribution < 1.29 is 9.32 Å². The summed E-state index contributed by atoms with van der Waals surface area (Å²) in [7, 11) is -2.78. The average Bonchev–Trinajstić information content (AvgIpc) is 2.69. The summed E-state index contributed by atoms with van der Waals surface area (Å²) in [5.41, 5.74) is 3.35. The number of hydroxylamine groups is 1. The summed E-state index contributed by atoms with van der Waals surface area (Å²) < 4.78 is 6.42. The minimum absolute atomic E-state index is 0.195. The fourth-order valence-electron chi connectivity index (χ4n) is 3.42. The normalized spacial score (nSPS) is 11.8. The van der Waals surface area contributed by atoms with E-state index >= 15 is 0 Å². The van der Waals surface area contributed by atoms with Gasteiger partial charge in [-0.25, -0.2) is 5.48 Å². The van der Waals surface area contributed by atoms with Crippen LogP contribution in [0.2, 0.25) is 5.04 Å². The molecule has 3 rings (SSSR count). The summed E-state index contributed by atoms with van der Waals surface area (Å²) in [6.45, 7) is 6.52. The van der Waals surface area contributed by atoms with Crippen LogP contribution in [0.25, 0.3) is 0 Å². The molecule has 0 unspecified atom stereocenters. The van der Waals surface area contributed by atoms with Crippen LogP contribution in [0.1, 0.15) is 31.1 Å². The number of hydrogen-bond donors (Lipinski definition) is 1. The van der Waals surface area contributed by atoms with Crippen molar-refractivity contribution in [2.75, 3.05) is 0 Å². The van der Waals surface area contributed by atoms with E-state index in [1.165, 1.54) is 0 Å². The third kappa shape index (κ3) is 3.87. The van der Waals surface area contributed by atoms with Crippen molar-refractivity contribution in [2.24, 2.45) is 0 Å². The van der Waals surface area contributed by atoms with Gasteiger partial charge in [-0.15, -0.1) is 0 Å². The first-order valence-corrected chi connectivity index (χ1v) is 11.0. The molecule has 0 saturated carbocycles. The van der Waals surface area contributed by atoms with Crippen LogP contribution >= 0.6 is 0 Å². The highest BCUT2D eigenvalue weighted by Gasteiger charge is 2.51. The molecule has 1 N–H and O–H groups in total. The Balaban J connectivity index is 2.05. The second-order valence-electron chi connectivity index (χ2n) is 7.56. The second-order valence-corrected chi connectivity index (χ2v) is 11.8. The van der Waals surface area contributed by atoms with Crippen molar-refractivity contribution in [3.8, 4) is 0 Å². The maximum Gasteiger partial charge on any atom is 0.295 e. The summed E-state index contributed by atoms with van der Waals surface area (Å²) in [4.78, 5) is 12.7. The molecule has 0 aliphatic carbocycles. The van der Waals surface area contributed by atoms with Crippen LogP contribution in [0.4, 0.5) is 0 Å². The molecule has 0 aliphatic rings. The van der Waals surface area contributed by atoms with Gasteiger partial charge in [0.2, 0.25) is 0 Å². The fraction of sp³-hybridized carbons (Fsp3) is 0.174. The maximum absolute atomic E-state index is 12.7. The van der Waals surface area contributed by atoms with Crippen LogP contribution in [0.15, 0.2) is 91.0 Å². The van der Waals surface area contributed by atoms with E-state index in [1.54, 1.807) is 12.1 Å². The topological polar surface area (TPSA) is 38.3 Å². The van der Waals surface area contributed by atoms with Crippen molar-refractivity contribution in [3.05, 3.63) is 96.6 Å². The lowest BCUT2D eigenvalue weighted by Crippen LogP contribution is -2.68. The molecule has 27 heavy (non-hydrogen) atoms. The van der Waals surface area contributed by atoms with Gasteiger partial charge in [0.1, 0.15) is 0 Å². The number of nitrogens with one attached hydrogen (secondary N) is 1. The number of rotatable bonds is 5. The number of hydrogen-bond acceptors (Lipinski definition) is 2. The van der Waals surface area contributed by atoms with E-state index in [1.807, 2.05) is 54.6 Å². The van der Waals surface area contributed by atoms with Crippen LogP contribution < -0.4 is 15.9 Å². The Hall–Kier alpha value is -2.69. The largest absolute Gasteiger partial charge is 0.308 e. The smallest absolute Gasteiger partial charge is 0.295 e. The quantitative estimate of drug-likeness (QED) is 0.542. The van der Waals surface area contributed by atoms with Crippen LogP contribution in [0.5, 0.6) is 0 Å². The van der Waals surface area contributed by atoms with Gasteiger partial charge in [0, 0.05) is 5.56 Å². The minimum Gasteiger partial charge on any atom is -0.308 e. The standard InChI is InChI=1S/C23H25NO2Si/c1-23(2,3)27(20-15-9-5-10-16-20,21-17-11-6-12-18-21)26-24-22(25)19-13-7-4-8-14-19/h4-18H,1-3H3,(H,24,25). The van der Waals surface area contributed by atoms with Gasteiger partial charge in [-0.3, -0.25) is 4.79 Å². The van der Waals surface area contributed by atoms with Gasteiger partial charge in [-0.2, -0.15) is 0 Å². The Morgan fingerprint density at radius 2 is 1.15 bits per heavy atom. The van der Waals surface area contributed by atoms with E-state index in [-0.39, 0.29) is 10.9 Å². The molecule has 3 aromatic carbocycles. The average molecular weight is 376 g/mol. The molecule has 1 amide bonds. The van der Waals surface area contributed by atoms with Gasteiger partial charge in [0.15, 0.2) is 0 Å². The zero-order valence-corrected chi connectivity index (χ0v) is 17.0. The van der Waals surface area contributed by atoms with Crippen molar-refractivity contribution in [2.45, 2.75) is 25.8 Å². The lowest BCUT2D eigenvalue weighted by Gasteiger charge is -2.41. The number of amides is 1. The molecular weight excluding hydrogens is 350 g/mol. The summed E-state index contributed by atoms with van der Waals surface area (Å²) in [5.74, 6) is -0.233. The lowest BCUT2D eigenvalue weighted by molar-refractivity contribution is 0.0740. The van der Waals surface area contributed by atoms with Crippen LogP contribution in [-0.2, 0) is 4.53 Å². The van der Waals surface area contributed by atoms with Gasteiger partial charge in [0.25, 0.3) is 14.2 Å². The lowest BCUT2D eigenvalue weighted by atomic mass is 10.2. The monoisotopic (exact) mass is 375 g/mol. The van der Waals surface area contributed by atoms with Crippen LogP contribution in [0, 0.1) is 0 Å². The SMILES string of the molecule is CC(C)(C)[Si](ONC(=O)c1ccccc1)(c1ccccc1)c1ccccc1. The molecule has 0 aromatic heterocycles. The molecule has 3 nitrogen and oxygen atoms in total. The zero-order chi connectivity index (χ0) is 19.3. The van der Waals surface area contributed by atoms with Gasteiger partial charge in [0.05, 0.1) is 0 Å². The zero-order valence-electron chi connectivity index (χ0n) is 16.0. The third-order valence-corrected chi connectivity index (χ3v) is 9.56. The van der Waals surface area contributed by atoms with E-state index in [9.17, 15) is 4.79 Å². The molecule has 0 bridgehead atoms. The highest BCUT2D eigenvalue weighted by atomic mass is 28.4. The highest BCUT2D eigenvalue weighted by molar-refractivity contribution is 6.99. The first kappa shape index (κ1) is 19.1. The number of benzene rings is 3. The molecule has 0 fully saturated rings. The summed E-state index contributed by atoms with van der Waals surface area (Å²) >= 11 is 0. The van der Waals surface area contributed by atoms with Gasteiger partial charge >= 0.3 is 0 Å². The van der Waals surface area contributed by atoms with Crippen LogP contribution in [0.3, 0.4) is 0 Å². The number of carbonyl (C=O) groups excluding carboxylic acids is 1. The molecule has 0 radical (unpaired) electrons. The van der Waals surface area contributed by atoms with Crippen LogP contribution in [-0.4, -0.2) is 14.2 Å². The maximum atomic E-state index is 12.7. The molecule has 138 valence electrons. The molecule has 0 saturated heterocycles. The van der Waals surface area contributed by atoms with E-state index in [4.69, 9.17) is 4.53 Å². The molecule has 0 spiro atoms. The molecule has 3 aromatic rings. The van der Waals surface area contributed by atoms with Crippen molar-refractivity contribution >= 4 is 24.6 Å². The molecule has 0 atom stereocenters. The fourth-order valence-corrected chi connectivity index (χ4v) is 7.60. The Morgan fingerprint density at radius 3 is 1.56 bits per heavy atom. The Bertz CT molecular complexity index is 835. The Kier molecular flexibility index (Phi) is 5.58. The van der Waals surface area contributed by atoms with Gasteiger partial charge in [-0.05, 0) is 27.5 Å². The van der Waals surface area contributed by atoms with E-state index in [0.29, 0.717) is 5.56 Å². The van der Waals surface area contributed by atoms with Crippen molar-refractivity contribution in [1.82, 2.24) is 5.48 Å². The summed E-state index contributed by atoms with van der Waals surface area (Å²) in [6, 6.07) is 29.6. The van der Waals surface area contributed by atoms with E-state index < -0.39 is 8.32 Å². The molecule has 0 aliphatic heterocycles. The summed E-state index contributed by atoms with van der Waals surface area (Å²) in [6.07, 6.45) is 0. The molecule has 4 heteroatoms. The second kappa shape index (κ2) is 7.90. The van der Waals surface area contributed by atoms with Gasteiger partial charge < -0.3 is 4.53 Å². The van der Waals surface area contributed by atoms with E-state index in [2.05, 4.69) is 50.5 Å². The first-order chi connectivity index (χ1) is 12.9. The van der Waals surface area contributed by atoms with E-state index in [0.717, 1.165) is 10.4 Å². The minimum atomic E-state index is -2.78. The summed E-state index contributed by atoms with van der Waals surface area (Å²) in [5, 5.41) is 2.05. The molecular formula is C23H25NO2Si. The van der Waals surface area contributed by atoms with Gasteiger partial charge in [-0.1, -0.05) is 99.6 Å². The van der Waals surface area contributed by atoms with Crippen molar-refractivity contribution in [1.29, 1.82) is 0 Å². The first-order valence-electron chi connectivity index (χ1n) is 9.09.